The van der Waals surface area contributed by atoms with Gasteiger partial charge in [-0.1, -0.05) is 76.6 Å². The largest absolute Gasteiger partial charge is 0.354 e. The lowest BCUT2D eigenvalue weighted by Gasteiger charge is -2.26. The number of likely N-dealkylation sites (tertiary alicyclic amines) is 1. The van der Waals surface area contributed by atoms with Crippen LogP contribution in [0.5, 0.6) is 0 Å². The first-order chi connectivity index (χ1) is 14.2. The van der Waals surface area contributed by atoms with Crippen LogP contribution in [0.3, 0.4) is 0 Å². The van der Waals surface area contributed by atoms with Gasteiger partial charge in [0.05, 0.1) is 11.7 Å². The molecule has 3 aromatic carbocycles. The summed E-state index contributed by atoms with van der Waals surface area (Å²) in [6, 6.07) is 27.1. The van der Waals surface area contributed by atoms with Crippen molar-refractivity contribution in [1.82, 2.24) is 9.88 Å². The number of aromatic nitrogens is 1. The Balaban J connectivity index is 1.64. The highest BCUT2D eigenvalue weighted by atomic mass is 79.9. The van der Waals surface area contributed by atoms with Gasteiger partial charge in [-0.3, -0.25) is 4.79 Å². The van der Waals surface area contributed by atoms with Crippen LogP contribution in [0.25, 0.3) is 22.2 Å². The number of hydrogen-bond acceptors (Lipinski definition) is 1. The van der Waals surface area contributed by atoms with Crippen LogP contribution in [0, 0.1) is 0 Å². The molecule has 1 atom stereocenters. The number of nitrogens with one attached hydrogen (secondary N) is 1. The lowest BCUT2D eigenvalue weighted by molar-refractivity contribution is -0.129. The summed E-state index contributed by atoms with van der Waals surface area (Å²) in [6.07, 6.45) is 1.44. The van der Waals surface area contributed by atoms with Crippen molar-refractivity contribution in [1.29, 1.82) is 0 Å². The van der Waals surface area contributed by atoms with E-state index in [1.165, 1.54) is 10.9 Å². The molecule has 1 N–H and O–H groups in total. The maximum atomic E-state index is 12.8. The Bertz CT molecular complexity index is 1160. The summed E-state index contributed by atoms with van der Waals surface area (Å²) in [4.78, 5) is 18.5. The fourth-order valence-corrected chi connectivity index (χ4v) is 4.63. The van der Waals surface area contributed by atoms with Crippen molar-refractivity contribution in [3.8, 4) is 11.3 Å². The third-order valence-corrected chi connectivity index (χ3v) is 6.26. The van der Waals surface area contributed by atoms with E-state index in [1.54, 1.807) is 0 Å². The molecule has 4 aromatic rings. The van der Waals surface area contributed by atoms with E-state index in [4.69, 9.17) is 0 Å². The minimum absolute atomic E-state index is 0.0671. The van der Waals surface area contributed by atoms with Gasteiger partial charge < -0.3 is 9.88 Å². The predicted molar refractivity (Wildman–Crippen MR) is 120 cm³/mol. The van der Waals surface area contributed by atoms with Gasteiger partial charge in [-0.25, -0.2) is 0 Å². The van der Waals surface area contributed by atoms with Crippen LogP contribution >= 0.6 is 15.9 Å². The number of carbonyl (C=O) groups is 1. The summed E-state index contributed by atoms with van der Waals surface area (Å²) >= 11 is 3.53. The van der Waals surface area contributed by atoms with E-state index in [9.17, 15) is 4.79 Å². The number of halogens is 1. The van der Waals surface area contributed by atoms with E-state index < -0.39 is 0 Å². The number of benzene rings is 3. The number of rotatable bonds is 4. The molecule has 0 spiro atoms. The van der Waals surface area contributed by atoms with Crippen LogP contribution in [-0.2, 0) is 11.3 Å². The molecule has 144 valence electrons. The third-order valence-electron chi connectivity index (χ3n) is 5.74. The van der Waals surface area contributed by atoms with Crippen LogP contribution in [0.15, 0.2) is 83.3 Å². The molecule has 3 nitrogen and oxygen atoms in total. The SMILES string of the molecule is O=C1CCC(c2c(-c3ccc(Br)cc3)[nH]c3ccccc23)N1Cc1ccccc1. The molecule has 1 unspecified atom stereocenters. The van der Waals surface area contributed by atoms with E-state index in [0.29, 0.717) is 13.0 Å². The first-order valence-electron chi connectivity index (χ1n) is 9.90. The van der Waals surface area contributed by atoms with Gasteiger partial charge in [0.15, 0.2) is 0 Å². The van der Waals surface area contributed by atoms with Crippen molar-refractivity contribution in [2.24, 2.45) is 0 Å². The van der Waals surface area contributed by atoms with Crippen molar-refractivity contribution in [3.63, 3.8) is 0 Å². The zero-order chi connectivity index (χ0) is 19.8. The van der Waals surface area contributed by atoms with Crippen LogP contribution in [0.4, 0.5) is 0 Å². The molecule has 4 heteroatoms. The number of aromatic amines is 1. The lowest BCUT2D eigenvalue weighted by Crippen LogP contribution is -2.27. The second kappa shape index (κ2) is 7.53. The molecule has 0 bridgehead atoms. The van der Waals surface area contributed by atoms with Gasteiger partial charge in [-0.05, 0) is 35.7 Å². The highest BCUT2D eigenvalue weighted by molar-refractivity contribution is 9.10. The Hall–Kier alpha value is -2.85. The fourth-order valence-electron chi connectivity index (χ4n) is 4.37. The van der Waals surface area contributed by atoms with Crippen molar-refractivity contribution >= 4 is 32.7 Å². The smallest absolute Gasteiger partial charge is 0.223 e. The number of para-hydroxylation sites is 1. The predicted octanol–water partition coefficient (Wildman–Crippen LogP) is 6.46. The molecule has 1 aromatic heterocycles. The molecule has 5 rings (SSSR count). The van der Waals surface area contributed by atoms with Crippen LogP contribution < -0.4 is 0 Å². The topological polar surface area (TPSA) is 36.1 Å². The van der Waals surface area contributed by atoms with Gasteiger partial charge in [0.25, 0.3) is 0 Å². The summed E-state index contributed by atoms with van der Waals surface area (Å²) in [5.41, 5.74) is 5.75. The van der Waals surface area contributed by atoms with E-state index in [1.807, 2.05) is 23.1 Å². The Kier molecular flexibility index (Phi) is 4.72. The number of H-pyrrole nitrogens is 1. The molecule has 0 radical (unpaired) electrons. The quantitative estimate of drug-likeness (QED) is 0.385. The molecule has 1 aliphatic heterocycles. The van der Waals surface area contributed by atoms with Crippen LogP contribution in [0.2, 0.25) is 0 Å². The molecule has 29 heavy (non-hydrogen) atoms. The molecule has 2 heterocycles. The van der Waals surface area contributed by atoms with Crippen LogP contribution in [-0.4, -0.2) is 15.8 Å². The number of amides is 1. The second-order valence-corrected chi connectivity index (χ2v) is 8.44. The van der Waals surface area contributed by atoms with Gasteiger partial charge in [-0.15, -0.1) is 0 Å². The second-order valence-electron chi connectivity index (χ2n) is 7.53. The summed E-state index contributed by atoms with van der Waals surface area (Å²) in [5.74, 6) is 0.228. The summed E-state index contributed by atoms with van der Waals surface area (Å²) in [7, 11) is 0. The average molecular weight is 445 g/mol. The molecule has 0 aliphatic carbocycles. The van der Waals surface area contributed by atoms with Crippen molar-refractivity contribution in [3.05, 3.63) is 94.5 Å². The maximum Gasteiger partial charge on any atom is 0.223 e. The normalized spacial score (nSPS) is 16.7. The molecule has 1 fully saturated rings. The first-order valence-corrected chi connectivity index (χ1v) is 10.7. The minimum atomic E-state index is 0.0671. The van der Waals surface area contributed by atoms with Gasteiger partial charge in [0, 0.05) is 33.9 Å². The number of hydrogen-bond donors (Lipinski definition) is 1. The highest BCUT2D eigenvalue weighted by Crippen LogP contribution is 2.43. The van der Waals surface area contributed by atoms with E-state index in [2.05, 4.69) is 81.6 Å². The summed E-state index contributed by atoms with van der Waals surface area (Å²) in [5, 5.41) is 1.20. The molecular formula is C25H21BrN2O. The summed E-state index contributed by atoms with van der Waals surface area (Å²) < 4.78 is 1.06. The van der Waals surface area contributed by atoms with Gasteiger partial charge in [0.1, 0.15) is 0 Å². The molecule has 1 saturated heterocycles. The Morgan fingerprint density at radius 2 is 1.66 bits per heavy atom. The van der Waals surface area contributed by atoms with Crippen molar-refractivity contribution in [2.75, 3.05) is 0 Å². The fraction of sp³-hybridized carbons (Fsp3) is 0.160. The molecule has 1 amide bonds. The maximum absolute atomic E-state index is 12.8. The zero-order valence-corrected chi connectivity index (χ0v) is 17.5. The average Bonchev–Trinajstić information content (AvgIpc) is 3.30. The van der Waals surface area contributed by atoms with E-state index >= 15 is 0 Å². The zero-order valence-electron chi connectivity index (χ0n) is 15.9. The van der Waals surface area contributed by atoms with E-state index in [-0.39, 0.29) is 11.9 Å². The Labute approximate surface area is 178 Å². The number of fused-ring (bicyclic) bond motifs is 1. The van der Waals surface area contributed by atoms with Crippen molar-refractivity contribution in [2.45, 2.75) is 25.4 Å². The van der Waals surface area contributed by atoms with Gasteiger partial charge in [-0.2, -0.15) is 0 Å². The molecule has 0 saturated carbocycles. The summed E-state index contributed by atoms with van der Waals surface area (Å²) in [6.45, 7) is 0.642. The lowest BCUT2D eigenvalue weighted by atomic mass is 9.97. The standard InChI is InChI=1S/C25H21BrN2O/c26-19-12-10-18(11-13-19)25-24(20-8-4-5-9-21(20)27-25)22-14-15-23(29)28(22)16-17-6-2-1-3-7-17/h1-13,22,27H,14-16H2. The number of nitrogens with zero attached hydrogens (tertiary/aromatic N) is 1. The Morgan fingerprint density at radius 1 is 0.931 bits per heavy atom. The molecule has 1 aliphatic rings. The highest BCUT2D eigenvalue weighted by Gasteiger charge is 2.35. The first kappa shape index (κ1) is 18.2. The van der Waals surface area contributed by atoms with Gasteiger partial charge in [0.2, 0.25) is 5.91 Å². The third kappa shape index (κ3) is 3.38. The van der Waals surface area contributed by atoms with Crippen molar-refractivity contribution < 1.29 is 4.79 Å². The minimum Gasteiger partial charge on any atom is -0.354 e. The number of carbonyl (C=O) groups excluding carboxylic acids is 1. The molecular weight excluding hydrogens is 424 g/mol. The van der Waals surface area contributed by atoms with Crippen LogP contribution in [0.1, 0.15) is 30.0 Å². The van der Waals surface area contributed by atoms with E-state index in [0.717, 1.165) is 33.2 Å². The van der Waals surface area contributed by atoms with Gasteiger partial charge >= 0.3 is 0 Å². The monoisotopic (exact) mass is 444 g/mol. The Morgan fingerprint density at radius 3 is 2.45 bits per heavy atom.